The standard InChI is InChI=1S/C20H21N3O3S2/c24-28(25,18-7-8-20(21-15-18)23-9-11-26-12-10-23)22-14-16-3-5-17(6-4-16)19-2-1-13-27-19/h1-8,13,15,22H,9-12,14H2. The van der Waals surface area contributed by atoms with Gasteiger partial charge in [-0.25, -0.2) is 18.1 Å². The van der Waals surface area contributed by atoms with Crippen molar-refractivity contribution in [1.29, 1.82) is 0 Å². The summed E-state index contributed by atoms with van der Waals surface area (Å²) >= 11 is 1.68. The number of rotatable bonds is 6. The van der Waals surface area contributed by atoms with Gasteiger partial charge in [0, 0.05) is 30.7 Å². The molecule has 1 saturated heterocycles. The van der Waals surface area contributed by atoms with Crippen molar-refractivity contribution in [2.45, 2.75) is 11.4 Å². The Hall–Kier alpha value is -2.26. The zero-order valence-electron chi connectivity index (χ0n) is 15.2. The third-order valence-corrected chi connectivity index (χ3v) is 6.90. The number of hydrogen-bond donors (Lipinski definition) is 1. The lowest BCUT2D eigenvalue weighted by atomic mass is 10.1. The minimum absolute atomic E-state index is 0.166. The number of anilines is 1. The number of nitrogens with one attached hydrogen (secondary N) is 1. The average Bonchev–Trinajstić information content (AvgIpc) is 3.28. The van der Waals surface area contributed by atoms with Crippen LogP contribution in [0, 0.1) is 0 Å². The van der Waals surface area contributed by atoms with Crippen LogP contribution in [-0.2, 0) is 21.3 Å². The molecule has 0 aliphatic carbocycles. The molecule has 28 heavy (non-hydrogen) atoms. The topological polar surface area (TPSA) is 71.5 Å². The fraction of sp³-hybridized carbons (Fsp3) is 0.250. The second kappa shape index (κ2) is 8.40. The van der Waals surface area contributed by atoms with Gasteiger partial charge in [0.05, 0.1) is 13.2 Å². The maximum Gasteiger partial charge on any atom is 0.242 e. The van der Waals surface area contributed by atoms with Crippen molar-refractivity contribution in [3.8, 4) is 10.4 Å². The van der Waals surface area contributed by atoms with Gasteiger partial charge in [0.2, 0.25) is 10.0 Å². The van der Waals surface area contributed by atoms with Crippen LogP contribution < -0.4 is 9.62 Å². The Morgan fingerprint density at radius 2 is 1.86 bits per heavy atom. The summed E-state index contributed by atoms with van der Waals surface area (Å²) in [6.45, 7) is 3.08. The van der Waals surface area contributed by atoms with Crippen molar-refractivity contribution in [3.63, 3.8) is 0 Å². The van der Waals surface area contributed by atoms with Gasteiger partial charge in [-0.2, -0.15) is 0 Å². The van der Waals surface area contributed by atoms with Crippen LogP contribution in [0.2, 0.25) is 0 Å². The number of pyridine rings is 1. The molecule has 1 fully saturated rings. The first-order chi connectivity index (χ1) is 13.6. The number of nitrogens with zero attached hydrogens (tertiary/aromatic N) is 2. The van der Waals surface area contributed by atoms with Gasteiger partial charge < -0.3 is 9.64 Å². The Bertz CT molecular complexity index is 996. The van der Waals surface area contributed by atoms with Gasteiger partial charge in [-0.15, -0.1) is 11.3 Å². The molecule has 0 amide bonds. The fourth-order valence-electron chi connectivity index (χ4n) is 3.00. The summed E-state index contributed by atoms with van der Waals surface area (Å²) in [4.78, 5) is 7.76. The first-order valence-electron chi connectivity index (χ1n) is 9.03. The van der Waals surface area contributed by atoms with Crippen LogP contribution >= 0.6 is 11.3 Å². The van der Waals surface area contributed by atoms with Gasteiger partial charge in [0.1, 0.15) is 10.7 Å². The zero-order chi connectivity index (χ0) is 19.4. The lowest BCUT2D eigenvalue weighted by molar-refractivity contribution is 0.122. The average molecular weight is 416 g/mol. The minimum Gasteiger partial charge on any atom is -0.378 e. The summed E-state index contributed by atoms with van der Waals surface area (Å²) in [5.74, 6) is 0.770. The molecule has 0 saturated carbocycles. The largest absolute Gasteiger partial charge is 0.378 e. The first kappa shape index (κ1) is 19.1. The molecule has 1 aliphatic heterocycles. The van der Waals surface area contributed by atoms with Gasteiger partial charge in [-0.1, -0.05) is 30.3 Å². The molecular weight excluding hydrogens is 394 g/mol. The van der Waals surface area contributed by atoms with Crippen molar-refractivity contribution in [1.82, 2.24) is 9.71 Å². The molecule has 0 radical (unpaired) electrons. The molecule has 2 aromatic heterocycles. The predicted octanol–water partition coefficient (Wildman–Crippen LogP) is 3.13. The number of benzene rings is 1. The number of hydrogen-bond acceptors (Lipinski definition) is 6. The van der Waals surface area contributed by atoms with Crippen LogP contribution in [0.4, 0.5) is 5.82 Å². The van der Waals surface area contributed by atoms with Crippen molar-refractivity contribution in [3.05, 3.63) is 65.7 Å². The Morgan fingerprint density at radius 3 is 2.50 bits per heavy atom. The Morgan fingerprint density at radius 1 is 1.07 bits per heavy atom. The summed E-state index contributed by atoms with van der Waals surface area (Å²) in [5.41, 5.74) is 2.03. The summed E-state index contributed by atoms with van der Waals surface area (Å²) < 4.78 is 33.1. The monoisotopic (exact) mass is 415 g/mol. The summed E-state index contributed by atoms with van der Waals surface area (Å²) in [6.07, 6.45) is 1.41. The highest BCUT2D eigenvalue weighted by molar-refractivity contribution is 7.89. The molecular formula is C20H21N3O3S2. The van der Waals surface area contributed by atoms with Gasteiger partial charge in [-0.3, -0.25) is 0 Å². The molecule has 3 heterocycles. The summed E-state index contributed by atoms with van der Waals surface area (Å²) in [7, 11) is -3.61. The second-order valence-corrected chi connectivity index (χ2v) is 9.16. The molecule has 8 heteroatoms. The first-order valence-corrected chi connectivity index (χ1v) is 11.4. The maximum atomic E-state index is 12.6. The number of thiophene rings is 1. The second-order valence-electron chi connectivity index (χ2n) is 6.45. The van der Waals surface area contributed by atoms with E-state index in [1.165, 1.54) is 11.1 Å². The van der Waals surface area contributed by atoms with E-state index in [2.05, 4.69) is 20.7 Å². The molecule has 1 N–H and O–H groups in total. The zero-order valence-corrected chi connectivity index (χ0v) is 16.9. The SMILES string of the molecule is O=S(=O)(NCc1ccc(-c2cccs2)cc1)c1ccc(N2CCOCC2)nc1. The van der Waals surface area contributed by atoms with E-state index in [9.17, 15) is 8.42 Å². The van der Waals surface area contributed by atoms with E-state index in [4.69, 9.17) is 4.74 Å². The van der Waals surface area contributed by atoms with Crippen molar-refractivity contribution < 1.29 is 13.2 Å². The highest BCUT2D eigenvalue weighted by atomic mass is 32.2. The molecule has 0 spiro atoms. The molecule has 1 aromatic carbocycles. The third-order valence-electron chi connectivity index (χ3n) is 4.59. The van der Waals surface area contributed by atoms with E-state index >= 15 is 0 Å². The summed E-state index contributed by atoms with van der Waals surface area (Å²) in [6, 6.07) is 15.3. The Kier molecular flexibility index (Phi) is 5.72. The minimum atomic E-state index is -3.61. The van der Waals surface area contributed by atoms with Crippen molar-refractivity contribution in [2.75, 3.05) is 31.2 Å². The number of ether oxygens (including phenoxy) is 1. The molecule has 0 bridgehead atoms. The molecule has 6 nitrogen and oxygen atoms in total. The highest BCUT2D eigenvalue weighted by Crippen LogP contribution is 2.24. The quantitative estimate of drug-likeness (QED) is 0.670. The van der Waals surface area contributed by atoms with Crippen molar-refractivity contribution in [2.24, 2.45) is 0 Å². The van der Waals surface area contributed by atoms with Gasteiger partial charge >= 0.3 is 0 Å². The highest BCUT2D eigenvalue weighted by Gasteiger charge is 2.17. The van der Waals surface area contributed by atoms with Crippen LogP contribution in [0.5, 0.6) is 0 Å². The van der Waals surface area contributed by atoms with E-state index in [-0.39, 0.29) is 11.4 Å². The van der Waals surface area contributed by atoms with Crippen LogP contribution in [0.1, 0.15) is 5.56 Å². The third kappa shape index (κ3) is 4.41. The Balaban J connectivity index is 1.39. The van der Waals surface area contributed by atoms with Gasteiger partial charge in [0.15, 0.2) is 0 Å². The molecule has 0 atom stereocenters. The molecule has 1 aliphatic rings. The van der Waals surface area contributed by atoms with Crippen molar-refractivity contribution >= 4 is 27.2 Å². The smallest absolute Gasteiger partial charge is 0.242 e. The van der Waals surface area contributed by atoms with E-state index < -0.39 is 10.0 Å². The maximum absolute atomic E-state index is 12.6. The lowest BCUT2D eigenvalue weighted by Crippen LogP contribution is -2.36. The van der Waals surface area contributed by atoms with E-state index in [1.54, 1.807) is 23.5 Å². The normalized spacial score (nSPS) is 14.9. The molecule has 146 valence electrons. The predicted molar refractivity (Wildman–Crippen MR) is 111 cm³/mol. The van der Waals surface area contributed by atoms with E-state index in [1.807, 2.05) is 35.7 Å². The number of aromatic nitrogens is 1. The van der Waals surface area contributed by atoms with E-state index in [0.29, 0.717) is 13.2 Å². The Labute approximate surface area is 168 Å². The van der Waals surface area contributed by atoms with Gasteiger partial charge in [0.25, 0.3) is 0 Å². The van der Waals surface area contributed by atoms with Crippen LogP contribution in [0.3, 0.4) is 0 Å². The molecule has 4 rings (SSSR count). The van der Waals surface area contributed by atoms with Crippen LogP contribution in [0.25, 0.3) is 10.4 Å². The number of morpholine rings is 1. The fourth-order valence-corrected chi connectivity index (χ4v) is 4.70. The lowest BCUT2D eigenvalue weighted by Gasteiger charge is -2.27. The van der Waals surface area contributed by atoms with Crippen LogP contribution in [-0.4, -0.2) is 39.7 Å². The number of sulfonamides is 1. The molecule has 3 aromatic rings. The summed E-state index contributed by atoms with van der Waals surface area (Å²) in [5, 5.41) is 2.04. The molecule has 0 unspecified atom stereocenters. The van der Waals surface area contributed by atoms with Crippen LogP contribution in [0.15, 0.2) is 65.0 Å². The van der Waals surface area contributed by atoms with E-state index in [0.717, 1.165) is 30.0 Å². The van der Waals surface area contributed by atoms with Gasteiger partial charge in [-0.05, 0) is 34.7 Å².